The number of carbonyl (C=O) groups excluding carboxylic acids is 1. The van der Waals surface area contributed by atoms with Crippen LogP contribution in [0.25, 0.3) is 11.1 Å². The molecule has 0 radical (unpaired) electrons. The van der Waals surface area contributed by atoms with Crippen LogP contribution in [0.1, 0.15) is 18.4 Å². The quantitative estimate of drug-likeness (QED) is 0.585. The fraction of sp³-hybridized carbons (Fsp3) is 0.350. The Bertz CT molecular complexity index is 845. The van der Waals surface area contributed by atoms with Crippen molar-refractivity contribution in [1.82, 2.24) is 4.90 Å². The fourth-order valence-corrected chi connectivity index (χ4v) is 3.26. The second-order valence-electron chi connectivity index (χ2n) is 6.98. The van der Waals surface area contributed by atoms with Gasteiger partial charge in [0, 0.05) is 18.7 Å². The molecule has 27 heavy (non-hydrogen) atoms. The smallest absolute Gasteiger partial charge is 0.425 e. The van der Waals surface area contributed by atoms with E-state index >= 15 is 0 Å². The Kier molecular flexibility index (Phi) is 4.55. The predicted octanol–water partition coefficient (Wildman–Crippen LogP) is 4.38. The molecule has 7 heteroatoms. The van der Waals surface area contributed by atoms with E-state index in [9.17, 15) is 18.0 Å². The standard InChI is InChI=1S/C20H18F3NO3/c21-20(22,23)27-17-6-3-14(4-7-17)15-5-8-18-16(9-15)11-24(10-13-1-2-13)12-19(25)26-18/h3-9,13H,1-2,10-12H2. The number of benzene rings is 2. The summed E-state index contributed by atoms with van der Waals surface area (Å²) >= 11 is 0. The molecule has 0 spiro atoms. The van der Waals surface area contributed by atoms with Crippen LogP contribution in [0.5, 0.6) is 11.5 Å². The first-order valence-electron chi connectivity index (χ1n) is 8.78. The minimum absolute atomic E-state index is 0.259. The van der Waals surface area contributed by atoms with Crippen LogP contribution in [0.15, 0.2) is 42.5 Å². The van der Waals surface area contributed by atoms with E-state index in [2.05, 4.69) is 9.64 Å². The summed E-state index contributed by atoms with van der Waals surface area (Å²) in [5, 5.41) is 0. The van der Waals surface area contributed by atoms with Gasteiger partial charge in [-0.2, -0.15) is 0 Å². The van der Waals surface area contributed by atoms with Gasteiger partial charge in [0.2, 0.25) is 0 Å². The molecule has 0 bridgehead atoms. The summed E-state index contributed by atoms with van der Waals surface area (Å²) in [6, 6.07) is 11.2. The van der Waals surface area contributed by atoms with Gasteiger partial charge in [-0.3, -0.25) is 9.69 Å². The Morgan fingerprint density at radius 1 is 1.04 bits per heavy atom. The fourth-order valence-electron chi connectivity index (χ4n) is 3.26. The highest BCUT2D eigenvalue weighted by Gasteiger charge is 2.31. The van der Waals surface area contributed by atoms with Crippen molar-refractivity contribution in [2.24, 2.45) is 5.92 Å². The minimum Gasteiger partial charge on any atom is -0.425 e. The van der Waals surface area contributed by atoms with E-state index in [-0.39, 0.29) is 18.3 Å². The molecule has 1 aliphatic carbocycles. The van der Waals surface area contributed by atoms with Gasteiger partial charge in [-0.25, -0.2) is 0 Å². The minimum atomic E-state index is -4.71. The van der Waals surface area contributed by atoms with E-state index in [1.165, 1.54) is 25.0 Å². The van der Waals surface area contributed by atoms with Crippen molar-refractivity contribution in [3.05, 3.63) is 48.0 Å². The first-order chi connectivity index (χ1) is 12.9. The van der Waals surface area contributed by atoms with Crippen molar-refractivity contribution in [3.8, 4) is 22.6 Å². The molecule has 2 aromatic rings. The van der Waals surface area contributed by atoms with Gasteiger partial charge in [0.1, 0.15) is 11.5 Å². The summed E-state index contributed by atoms with van der Waals surface area (Å²) in [5.41, 5.74) is 2.50. The third-order valence-corrected chi connectivity index (χ3v) is 4.67. The number of halogens is 3. The molecule has 4 rings (SSSR count). The lowest BCUT2D eigenvalue weighted by atomic mass is 10.0. The molecule has 2 aromatic carbocycles. The molecule has 1 heterocycles. The number of hydrogen-bond acceptors (Lipinski definition) is 4. The molecule has 2 aliphatic rings. The Balaban J connectivity index is 1.56. The third-order valence-electron chi connectivity index (χ3n) is 4.67. The van der Waals surface area contributed by atoms with E-state index in [0.717, 1.165) is 23.2 Å². The third kappa shape index (κ3) is 4.60. The molecular weight excluding hydrogens is 359 g/mol. The van der Waals surface area contributed by atoms with E-state index in [1.54, 1.807) is 24.3 Å². The molecule has 0 N–H and O–H groups in total. The lowest BCUT2D eigenvalue weighted by Gasteiger charge is -2.18. The Hall–Kier alpha value is -2.54. The summed E-state index contributed by atoms with van der Waals surface area (Å²) < 4.78 is 46.2. The number of rotatable bonds is 4. The van der Waals surface area contributed by atoms with Gasteiger partial charge in [-0.05, 0) is 54.2 Å². The van der Waals surface area contributed by atoms with Crippen LogP contribution in [0.3, 0.4) is 0 Å². The molecule has 0 aromatic heterocycles. The summed E-state index contributed by atoms with van der Waals surface area (Å²) in [4.78, 5) is 14.1. The highest BCUT2D eigenvalue weighted by Crippen LogP contribution is 2.34. The number of carbonyl (C=O) groups is 1. The zero-order valence-electron chi connectivity index (χ0n) is 14.5. The number of hydrogen-bond donors (Lipinski definition) is 0. The average molecular weight is 377 g/mol. The van der Waals surface area contributed by atoms with Gasteiger partial charge in [-0.1, -0.05) is 18.2 Å². The van der Waals surface area contributed by atoms with Crippen LogP contribution in [-0.2, 0) is 11.3 Å². The van der Waals surface area contributed by atoms with Gasteiger partial charge in [0.25, 0.3) is 0 Å². The number of ether oxygens (including phenoxy) is 2. The maximum Gasteiger partial charge on any atom is 0.573 e. The maximum absolute atomic E-state index is 12.3. The molecule has 0 saturated heterocycles. The van der Waals surface area contributed by atoms with Crippen LogP contribution in [0.2, 0.25) is 0 Å². The van der Waals surface area contributed by atoms with E-state index in [1.807, 2.05) is 6.07 Å². The lowest BCUT2D eigenvalue weighted by molar-refractivity contribution is -0.274. The zero-order chi connectivity index (χ0) is 19.0. The monoisotopic (exact) mass is 377 g/mol. The molecule has 1 aliphatic heterocycles. The highest BCUT2D eigenvalue weighted by atomic mass is 19.4. The Morgan fingerprint density at radius 3 is 2.41 bits per heavy atom. The van der Waals surface area contributed by atoms with Crippen LogP contribution in [0.4, 0.5) is 13.2 Å². The van der Waals surface area contributed by atoms with E-state index in [0.29, 0.717) is 18.2 Å². The topological polar surface area (TPSA) is 38.8 Å². The first-order valence-corrected chi connectivity index (χ1v) is 8.78. The zero-order valence-corrected chi connectivity index (χ0v) is 14.5. The SMILES string of the molecule is O=C1CN(CC2CC2)Cc2cc(-c3ccc(OC(F)(F)F)cc3)ccc2O1. The van der Waals surface area contributed by atoms with Gasteiger partial charge in [-0.15, -0.1) is 13.2 Å². The largest absolute Gasteiger partial charge is 0.573 e. The van der Waals surface area contributed by atoms with E-state index in [4.69, 9.17) is 4.74 Å². The normalized spacial score (nSPS) is 17.8. The molecule has 0 atom stereocenters. The summed E-state index contributed by atoms with van der Waals surface area (Å²) in [6.07, 6.45) is -2.31. The molecule has 142 valence electrons. The number of esters is 1. The van der Waals surface area contributed by atoms with Crippen molar-refractivity contribution >= 4 is 5.97 Å². The maximum atomic E-state index is 12.3. The number of fused-ring (bicyclic) bond motifs is 1. The lowest BCUT2D eigenvalue weighted by Crippen LogP contribution is -2.30. The summed E-state index contributed by atoms with van der Waals surface area (Å²) in [7, 11) is 0. The van der Waals surface area contributed by atoms with Crippen molar-refractivity contribution in [2.75, 3.05) is 13.1 Å². The second-order valence-corrected chi connectivity index (χ2v) is 6.98. The summed E-state index contributed by atoms with van der Waals surface area (Å²) in [5.74, 6) is 0.670. The van der Waals surface area contributed by atoms with Crippen LogP contribution >= 0.6 is 0 Å². The van der Waals surface area contributed by atoms with Crippen molar-refractivity contribution in [1.29, 1.82) is 0 Å². The Labute approximate surface area is 154 Å². The average Bonchev–Trinajstić information content (AvgIpc) is 3.40. The van der Waals surface area contributed by atoms with Gasteiger partial charge >= 0.3 is 12.3 Å². The number of alkyl halides is 3. The highest BCUT2D eigenvalue weighted by molar-refractivity contribution is 5.76. The second kappa shape index (κ2) is 6.88. The van der Waals surface area contributed by atoms with Gasteiger partial charge in [0.15, 0.2) is 0 Å². The molecule has 0 amide bonds. The molecule has 1 fully saturated rings. The first kappa shape index (κ1) is 17.9. The molecular formula is C20H18F3NO3. The van der Waals surface area contributed by atoms with Crippen LogP contribution in [-0.4, -0.2) is 30.3 Å². The summed E-state index contributed by atoms with van der Waals surface area (Å²) in [6.45, 7) is 1.76. The van der Waals surface area contributed by atoms with Gasteiger partial charge < -0.3 is 9.47 Å². The van der Waals surface area contributed by atoms with Crippen LogP contribution in [0, 0.1) is 5.92 Å². The van der Waals surface area contributed by atoms with Crippen molar-refractivity contribution in [2.45, 2.75) is 25.7 Å². The van der Waals surface area contributed by atoms with Crippen LogP contribution < -0.4 is 9.47 Å². The molecule has 4 nitrogen and oxygen atoms in total. The van der Waals surface area contributed by atoms with Crippen molar-refractivity contribution < 1.29 is 27.4 Å². The molecule has 1 saturated carbocycles. The Morgan fingerprint density at radius 2 is 1.74 bits per heavy atom. The number of nitrogens with zero attached hydrogens (tertiary/aromatic N) is 1. The van der Waals surface area contributed by atoms with Crippen molar-refractivity contribution in [3.63, 3.8) is 0 Å². The van der Waals surface area contributed by atoms with E-state index < -0.39 is 6.36 Å². The molecule has 0 unspecified atom stereocenters. The van der Waals surface area contributed by atoms with Gasteiger partial charge in [0.05, 0.1) is 6.54 Å². The predicted molar refractivity (Wildman–Crippen MR) is 92.2 cm³/mol.